The Bertz CT molecular complexity index is 690. The molecule has 1 aliphatic heterocycles. The quantitative estimate of drug-likeness (QED) is 0.614. The number of benzene rings is 1. The van der Waals surface area contributed by atoms with Gasteiger partial charge in [0.05, 0.1) is 15.9 Å². The third-order valence-electron chi connectivity index (χ3n) is 3.58. The first-order valence-corrected chi connectivity index (χ1v) is 8.93. The Kier molecular flexibility index (Phi) is 5.23. The van der Waals surface area contributed by atoms with Crippen molar-refractivity contribution in [3.63, 3.8) is 0 Å². The molecule has 0 amide bonds. The van der Waals surface area contributed by atoms with Crippen molar-refractivity contribution >= 4 is 21.4 Å². The van der Waals surface area contributed by atoms with E-state index in [9.17, 15) is 23.6 Å². The van der Waals surface area contributed by atoms with Crippen LogP contribution in [0.15, 0.2) is 23.1 Å². The van der Waals surface area contributed by atoms with Gasteiger partial charge in [-0.1, -0.05) is 0 Å². The van der Waals surface area contributed by atoms with E-state index in [1.54, 1.807) is 18.7 Å². The van der Waals surface area contributed by atoms with E-state index in [0.717, 1.165) is 12.5 Å². The molecule has 1 atom stereocenters. The van der Waals surface area contributed by atoms with E-state index in [2.05, 4.69) is 4.72 Å². The predicted octanol–water partition coefficient (Wildman–Crippen LogP) is 1.24. The number of piperidine rings is 1. The molecule has 1 fully saturated rings. The minimum Gasteiger partial charge on any atom is -0.391 e. The van der Waals surface area contributed by atoms with Gasteiger partial charge in [0, 0.05) is 25.2 Å². The molecule has 1 aliphatic rings. The van der Waals surface area contributed by atoms with Gasteiger partial charge in [-0.3, -0.25) is 10.1 Å². The lowest BCUT2D eigenvalue weighted by Gasteiger charge is -2.31. The van der Waals surface area contributed by atoms with Crippen molar-refractivity contribution in [1.82, 2.24) is 4.72 Å². The first-order valence-electron chi connectivity index (χ1n) is 7.44. The number of nitro groups is 1. The highest BCUT2D eigenvalue weighted by Gasteiger charge is 2.27. The van der Waals surface area contributed by atoms with E-state index in [1.807, 2.05) is 0 Å². The van der Waals surface area contributed by atoms with E-state index in [-0.39, 0.29) is 16.6 Å². The topological polar surface area (TPSA) is 113 Å². The molecule has 0 unspecified atom stereocenters. The second-order valence-electron chi connectivity index (χ2n) is 5.93. The zero-order chi connectivity index (χ0) is 17.2. The van der Waals surface area contributed by atoms with Gasteiger partial charge in [-0.25, -0.2) is 13.1 Å². The van der Waals surface area contributed by atoms with Crippen LogP contribution < -0.4 is 9.62 Å². The van der Waals surface area contributed by atoms with Crippen LogP contribution in [0.4, 0.5) is 11.4 Å². The van der Waals surface area contributed by atoms with E-state index in [0.29, 0.717) is 25.2 Å². The maximum Gasteiger partial charge on any atom is 0.293 e. The molecule has 0 radical (unpaired) electrons. The fraction of sp³-hybridized carbons (Fsp3) is 0.571. The smallest absolute Gasteiger partial charge is 0.293 e. The van der Waals surface area contributed by atoms with Gasteiger partial charge >= 0.3 is 0 Å². The molecule has 0 aromatic heterocycles. The average Bonchev–Trinajstić information content (AvgIpc) is 2.45. The van der Waals surface area contributed by atoms with Crippen LogP contribution in [-0.2, 0) is 10.0 Å². The summed E-state index contributed by atoms with van der Waals surface area (Å²) in [4.78, 5) is 12.3. The van der Waals surface area contributed by atoms with E-state index in [1.165, 1.54) is 12.1 Å². The minimum atomic E-state index is -3.80. The molecule has 0 aliphatic carbocycles. The van der Waals surface area contributed by atoms with Crippen LogP contribution in [0.25, 0.3) is 0 Å². The lowest BCUT2D eigenvalue weighted by atomic mass is 10.1. The van der Waals surface area contributed by atoms with Gasteiger partial charge in [-0.15, -0.1) is 0 Å². The number of β-amino-alcohol motifs (C(OH)–C–C–N with tert-alkyl or cyclic N) is 1. The number of hydrogen-bond acceptors (Lipinski definition) is 6. The Balaban J connectivity index is 2.41. The Morgan fingerprint density at radius 2 is 2.13 bits per heavy atom. The van der Waals surface area contributed by atoms with Crippen molar-refractivity contribution in [3.05, 3.63) is 28.3 Å². The molecule has 0 bridgehead atoms. The fourth-order valence-electron chi connectivity index (χ4n) is 2.64. The summed E-state index contributed by atoms with van der Waals surface area (Å²) in [5, 5.41) is 21.1. The highest BCUT2D eigenvalue weighted by molar-refractivity contribution is 7.89. The highest BCUT2D eigenvalue weighted by atomic mass is 32.2. The minimum absolute atomic E-state index is 0.140. The van der Waals surface area contributed by atoms with Gasteiger partial charge in [-0.2, -0.15) is 0 Å². The largest absolute Gasteiger partial charge is 0.391 e. The van der Waals surface area contributed by atoms with Crippen molar-refractivity contribution in [2.45, 2.75) is 43.7 Å². The summed E-state index contributed by atoms with van der Waals surface area (Å²) < 4.78 is 26.7. The first kappa shape index (κ1) is 17.6. The maximum atomic E-state index is 12.2. The van der Waals surface area contributed by atoms with Gasteiger partial charge < -0.3 is 10.0 Å². The lowest BCUT2D eigenvalue weighted by Crippen LogP contribution is -2.38. The number of aliphatic hydroxyl groups is 1. The van der Waals surface area contributed by atoms with Crippen molar-refractivity contribution in [2.24, 2.45) is 0 Å². The number of nitrogens with zero attached hydrogens (tertiary/aromatic N) is 2. The summed E-state index contributed by atoms with van der Waals surface area (Å²) in [5.74, 6) is 0. The summed E-state index contributed by atoms with van der Waals surface area (Å²) in [6.07, 6.45) is 0.858. The van der Waals surface area contributed by atoms with Crippen molar-refractivity contribution in [3.8, 4) is 0 Å². The number of hydrogen-bond donors (Lipinski definition) is 2. The summed E-state index contributed by atoms with van der Waals surface area (Å²) >= 11 is 0. The molecule has 1 aromatic carbocycles. The molecule has 2 rings (SSSR count). The van der Waals surface area contributed by atoms with Crippen LogP contribution >= 0.6 is 0 Å². The Morgan fingerprint density at radius 1 is 1.43 bits per heavy atom. The highest BCUT2D eigenvalue weighted by Crippen LogP contribution is 2.32. The molecule has 128 valence electrons. The third-order valence-corrected chi connectivity index (χ3v) is 5.24. The standard InChI is InChI=1S/C14H21N3O5S/c1-10(2)15-23(21,22)12-5-6-13(14(8-12)17(19)20)16-7-3-4-11(18)9-16/h5-6,8,10-11,15,18H,3-4,7,9H2,1-2H3/t11-/m1/s1. The zero-order valence-electron chi connectivity index (χ0n) is 13.1. The van der Waals surface area contributed by atoms with Crippen LogP contribution in [0.3, 0.4) is 0 Å². The number of rotatable bonds is 5. The van der Waals surface area contributed by atoms with Crippen LogP contribution in [0.2, 0.25) is 0 Å². The maximum absolute atomic E-state index is 12.2. The third kappa shape index (κ3) is 4.18. The number of anilines is 1. The normalized spacial score (nSPS) is 19.1. The molecule has 23 heavy (non-hydrogen) atoms. The molecule has 1 heterocycles. The first-order chi connectivity index (χ1) is 10.7. The number of aliphatic hydroxyl groups excluding tert-OH is 1. The van der Waals surface area contributed by atoms with Gasteiger partial charge in [0.1, 0.15) is 5.69 Å². The monoisotopic (exact) mass is 343 g/mol. The van der Waals surface area contributed by atoms with Gasteiger partial charge in [0.25, 0.3) is 5.69 Å². The van der Waals surface area contributed by atoms with E-state index >= 15 is 0 Å². The van der Waals surface area contributed by atoms with Crippen molar-refractivity contribution < 1.29 is 18.4 Å². The molecule has 8 nitrogen and oxygen atoms in total. The van der Waals surface area contributed by atoms with E-state index in [4.69, 9.17) is 0 Å². The lowest BCUT2D eigenvalue weighted by molar-refractivity contribution is -0.384. The van der Waals surface area contributed by atoms with E-state index < -0.39 is 21.1 Å². The molecule has 2 N–H and O–H groups in total. The Hall–Kier alpha value is -1.71. The number of sulfonamides is 1. The molecule has 1 aromatic rings. The fourth-order valence-corrected chi connectivity index (χ4v) is 3.91. The molecule has 1 saturated heterocycles. The summed E-state index contributed by atoms with van der Waals surface area (Å²) in [7, 11) is -3.80. The van der Waals surface area contributed by atoms with Crippen LogP contribution in [0.5, 0.6) is 0 Å². The SMILES string of the molecule is CC(C)NS(=O)(=O)c1ccc(N2CCC[C@@H](O)C2)c([N+](=O)[O-])c1. The second-order valence-corrected chi connectivity index (χ2v) is 7.64. The molecular formula is C14H21N3O5S. The van der Waals surface area contributed by atoms with Crippen LogP contribution in [0.1, 0.15) is 26.7 Å². The van der Waals surface area contributed by atoms with Gasteiger partial charge in [0.2, 0.25) is 10.0 Å². The molecule has 9 heteroatoms. The van der Waals surface area contributed by atoms with Gasteiger partial charge in [-0.05, 0) is 38.8 Å². The summed E-state index contributed by atoms with van der Waals surface area (Å²) in [5.41, 5.74) is 0.0583. The summed E-state index contributed by atoms with van der Waals surface area (Å²) in [6.45, 7) is 4.25. The number of nitrogens with one attached hydrogen (secondary N) is 1. The zero-order valence-corrected chi connectivity index (χ0v) is 13.9. The number of nitro benzene ring substituents is 1. The van der Waals surface area contributed by atoms with Crippen LogP contribution in [-0.4, -0.2) is 43.7 Å². The van der Waals surface area contributed by atoms with Crippen molar-refractivity contribution in [2.75, 3.05) is 18.0 Å². The molecule has 0 saturated carbocycles. The molecule has 0 spiro atoms. The predicted molar refractivity (Wildman–Crippen MR) is 86.0 cm³/mol. The van der Waals surface area contributed by atoms with Crippen LogP contribution in [0, 0.1) is 10.1 Å². The Labute approximate surface area is 135 Å². The van der Waals surface area contributed by atoms with Gasteiger partial charge in [0.15, 0.2) is 0 Å². The Morgan fingerprint density at radius 3 is 2.70 bits per heavy atom. The summed E-state index contributed by atoms with van der Waals surface area (Å²) in [6, 6.07) is 3.55. The van der Waals surface area contributed by atoms with Crippen molar-refractivity contribution in [1.29, 1.82) is 0 Å². The molecular weight excluding hydrogens is 322 g/mol. The second kappa shape index (κ2) is 6.81. The average molecular weight is 343 g/mol.